The van der Waals surface area contributed by atoms with Crippen molar-refractivity contribution in [2.45, 2.75) is 127 Å². The summed E-state index contributed by atoms with van der Waals surface area (Å²) < 4.78 is 28.5. The lowest BCUT2D eigenvalue weighted by atomic mass is 9.79. The van der Waals surface area contributed by atoms with E-state index in [1.54, 1.807) is 12.1 Å². The number of ether oxygens (including phenoxy) is 6. The SMILES string of the molecule is COC(=O)C1CCC(=O)C(OC)C1.COC(=O)c1ccc(O)c(OC)c1.COC1CC(C(=O)O)CCC1=O.COc1cc(C(=O)O)ccc1O.NC1CC(C(=O)O)CCC1=O.O=C(O)C1CCC2=NC3CC(C(=O)O)CCC3=NC2C1.O=C(O)c1ccc2nc3cc(C(=O)O)ccc3nc2c1. The van der Waals surface area contributed by atoms with Gasteiger partial charge in [-0.25, -0.2) is 29.1 Å². The average Bonchev–Trinajstić information content (AvgIpc) is 0.793. The van der Waals surface area contributed by atoms with Crippen molar-refractivity contribution < 1.29 is 132 Å². The molecule has 32 heteroatoms. The van der Waals surface area contributed by atoms with Crippen LogP contribution in [0.1, 0.15) is 138 Å². The number of ketones is 3. The van der Waals surface area contributed by atoms with Gasteiger partial charge in [-0.05, 0) is 150 Å². The van der Waals surface area contributed by atoms with Gasteiger partial charge in [-0.1, -0.05) is 0 Å². The number of nitrogens with zero attached hydrogens (tertiary/aromatic N) is 4. The molecule has 5 saturated carbocycles. The van der Waals surface area contributed by atoms with Crippen molar-refractivity contribution in [2.24, 2.45) is 45.3 Å². The maximum Gasteiger partial charge on any atom is 0.337 e. The highest BCUT2D eigenvalue weighted by molar-refractivity contribution is 6.03. The van der Waals surface area contributed by atoms with E-state index in [2.05, 4.69) is 29.4 Å². The lowest BCUT2D eigenvalue weighted by Crippen LogP contribution is -2.42. The molecule has 1 aromatic heterocycles. The first kappa shape index (κ1) is 80.8. The lowest BCUT2D eigenvalue weighted by Gasteiger charge is -2.35. The molecule has 6 aliphatic rings. The number of benzene rings is 4. The fourth-order valence-electron chi connectivity index (χ4n) is 11.4. The van der Waals surface area contributed by atoms with E-state index in [0.29, 0.717) is 124 Å². The Balaban J connectivity index is 0.000000215. The van der Waals surface area contributed by atoms with Gasteiger partial charge in [0, 0.05) is 44.9 Å². The number of phenolic OH excluding ortho intramolecular Hbond substituents is 2. The first-order valence-corrected chi connectivity index (χ1v) is 31.6. The number of aromatic hydroxyl groups is 2. The van der Waals surface area contributed by atoms with Gasteiger partial charge in [-0.2, -0.15) is 0 Å². The quantitative estimate of drug-likeness (QED) is 0.0437. The second kappa shape index (κ2) is 38.5. The van der Waals surface area contributed by atoms with E-state index in [-0.39, 0.29) is 92.8 Å². The highest BCUT2D eigenvalue weighted by Gasteiger charge is 2.39. The van der Waals surface area contributed by atoms with Gasteiger partial charge >= 0.3 is 53.7 Å². The minimum Gasteiger partial charge on any atom is -0.504 e. The standard InChI is InChI=1S/C14H18N2O4.C14H8N2O4.C9H14O4.C9H10O4.C8H12O4.C8H8O4.C7H11NO3/c2*17-13(18)7-1-3-9-11(5-7)16-10-4-2-8(14(19)20)6-12(10)15-9;2*1-12-8-5-6(9(11)13-2)3-4-7(8)10;2*1-12-7-4-5(8(10)11)2-3-6(7)9;8-5-3-4(7(10)11)1-2-6(5)9/h7-8,11-12H,1-6H2,(H,17,18)(H,19,20);1-6H,(H,17,18)(H,19,20);6,8H,3-5H2,1-2H3;3-5,10H,1-2H3;5,7H,2-4H2,1H3,(H,10,11);2-4,9H,1H3,(H,10,11);4-5H,1-3,8H2,(H,10,11). The number of aromatic carboxylic acids is 3. The number of aliphatic imine (C=N–C) groups is 2. The normalized spacial score (nSPS) is 22.4. The number of carboxylic acid groups (broad SMARTS) is 7. The zero-order valence-corrected chi connectivity index (χ0v) is 56.0. The number of carbonyl (C=O) groups is 12. The summed E-state index contributed by atoms with van der Waals surface area (Å²) >= 11 is 0. The summed E-state index contributed by atoms with van der Waals surface area (Å²) in [4.78, 5) is 149. The zero-order valence-electron chi connectivity index (χ0n) is 56.0. The van der Waals surface area contributed by atoms with Gasteiger partial charge in [0.2, 0.25) is 0 Å². The minimum atomic E-state index is -1.05. The van der Waals surface area contributed by atoms with Crippen LogP contribution >= 0.6 is 0 Å². The number of carbonyl (C=O) groups excluding carboxylic acids is 5. The van der Waals surface area contributed by atoms with Crippen molar-refractivity contribution in [3.05, 3.63) is 95.1 Å². The van der Waals surface area contributed by atoms with Crippen LogP contribution in [-0.4, -0.2) is 211 Å². The summed E-state index contributed by atoms with van der Waals surface area (Å²) in [6.07, 6.45) is 6.36. The van der Waals surface area contributed by atoms with Crippen LogP contribution in [0.2, 0.25) is 0 Å². The molecule has 0 bridgehead atoms. The molecular weight excluding hydrogens is 1330 g/mol. The minimum absolute atomic E-state index is 0.00449. The molecule has 11 rings (SSSR count). The van der Waals surface area contributed by atoms with Crippen molar-refractivity contribution in [2.75, 3.05) is 42.7 Å². The molecule has 0 spiro atoms. The number of aliphatic carboxylic acids is 4. The van der Waals surface area contributed by atoms with E-state index >= 15 is 0 Å². The molecule has 5 aromatic rings. The van der Waals surface area contributed by atoms with Crippen LogP contribution in [-0.2, 0) is 57.3 Å². The summed E-state index contributed by atoms with van der Waals surface area (Å²) in [5.74, 6) is -8.19. The van der Waals surface area contributed by atoms with Crippen molar-refractivity contribution in [1.29, 1.82) is 0 Å². The Morgan fingerprint density at radius 1 is 0.406 bits per heavy atom. The molecule has 1 aliphatic heterocycles. The number of esters is 2. The van der Waals surface area contributed by atoms with Crippen LogP contribution in [0.15, 0.2) is 82.8 Å². The number of phenols is 2. The number of nitrogens with two attached hydrogens (primary N) is 1. The van der Waals surface area contributed by atoms with Crippen molar-refractivity contribution in [3.8, 4) is 23.0 Å². The number of hydrogen-bond donors (Lipinski definition) is 10. The molecular formula is C69H81N5O27. The van der Waals surface area contributed by atoms with Crippen molar-refractivity contribution in [1.82, 2.24) is 9.97 Å². The Bertz CT molecular complexity index is 3830. The number of methoxy groups -OCH3 is 6. The number of carboxylic acids is 7. The smallest absolute Gasteiger partial charge is 0.337 e. The number of Topliss-reactive ketones (excluding diaryl/α,β-unsaturated/α-hetero) is 3. The zero-order chi connectivity index (χ0) is 74.9. The van der Waals surface area contributed by atoms with E-state index < -0.39 is 77.8 Å². The third-order valence-corrected chi connectivity index (χ3v) is 17.3. The van der Waals surface area contributed by atoms with Gasteiger partial charge in [0.15, 0.2) is 34.6 Å². The Morgan fingerprint density at radius 2 is 0.752 bits per heavy atom. The van der Waals surface area contributed by atoms with E-state index in [1.807, 2.05) is 0 Å². The van der Waals surface area contributed by atoms with Gasteiger partial charge < -0.3 is 80.1 Å². The molecule has 11 N–H and O–H groups in total. The predicted molar refractivity (Wildman–Crippen MR) is 355 cm³/mol. The van der Waals surface area contributed by atoms with Gasteiger partial charge in [0.25, 0.3) is 0 Å². The first-order valence-electron chi connectivity index (χ1n) is 31.6. The second-order valence-electron chi connectivity index (χ2n) is 23.8. The van der Waals surface area contributed by atoms with Crippen LogP contribution in [0.4, 0.5) is 0 Å². The summed E-state index contributed by atoms with van der Waals surface area (Å²) in [5.41, 5.74) is 9.99. The topological polar surface area (TPSA) is 519 Å². The van der Waals surface area contributed by atoms with E-state index in [9.17, 15) is 62.6 Å². The van der Waals surface area contributed by atoms with Crippen molar-refractivity contribution >= 4 is 105 Å². The molecule has 544 valence electrons. The summed E-state index contributed by atoms with van der Waals surface area (Å²) in [7, 11) is 8.36. The fourth-order valence-corrected chi connectivity index (χ4v) is 11.4. The van der Waals surface area contributed by atoms with E-state index in [4.69, 9.17) is 65.5 Å². The number of rotatable bonds is 13. The molecule has 10 atom stereocenters. The number of aromatic nitrogens is 2. The lowest BCUT2D eigenvalue weighted by molar-refractivity contribution is -0.151. The molecule has 2 heterocycles. The molecule has 0 saturated heterocycles. The molecule has 32 nitrogen and oxygen atoms in total. The Morgan fingerprint density at radius 3 is 1.13 bits per heavy atom. The summed E-state index contributed by atoms with van der Waals surface area (Å²) in [6, 6.07) is 16.2. The monoisotopic (exact) mass is 1410 g/mol. The molecule has 101 heavy (non-hydrogen) atoms. The maximum absolute atomic E-state index is 11.2. The Labute approximate surface area is 577 Å². The Kier molecular flexibility index (Phi) is 30.8. The number of fused-ring (bicyclic) bond motifs is 4. The molecule has 5 aliphatic carbocycles. The van der Waals surface area contributed by atoms with Crippen LogP contribution < -0.4 is 15.2 Å². The van der Waals surface area contributed by atoms with E-state index in [1.165, 1.54) is 103 Å². The largest absolute Gasteiger partial charge is 0.504 e. The van der Waals surface area contributed by atoms with Crippen LogP contribution in [0, 0.1) is 29.6 Å². The molecule has 0 amide bonds. The summed E-state index contributed by atoms with van der Waals surface area (Å²) in [6.45, 7) is 0. The van der Waals surface area contributed by atoms with Gasteiger partial charge in [-0.15, -0.1) is 0 Å². The highest BCUT2D eigenvalue weighted by Crippen LogP contribution is 2.35. The average molecular weight is 1410 g/mol. The molecule has 5 fully saturated rings. The predicted octanol–water partition coefficient (Wildman–Crippen LogP) is 6.62. The van der Waals surface area contributed by atoms with Gasteiger partial charge in [0.05, 0.1) is 120 Å². The van der Waals surface area contributed by atoms with E-state index in [0.717, 1.165) is 11.4 Å². The van der Waals surface area contributed by atoms with Gasteiger partial charge in [-0.3, -0.25) is 48.3 Å². The molecule has 0 radical (unpaired) electrons. The number of hydrogen-bond acceptors (Lipinski definition) is 25. The van der Waals surface area contributed by atoms with Crippen molar-refractivity contribution in [3.63, 3.8) is 0 Å². The second-order valence-corrected chi connectivity index (χ2v) is 23.8. The van der Waals surface area contributed by atoms with Gasteiger partial charge in [0.1, 0.15) is 18.0 Å². The van der Waals surface area contributed by atoms with Crippen LogP contribution in [0.3, 0.4) is 0 Å². The highest BCUT2D eigenvalue weighted by atomic mass is 16.5. The first-order chi connectivity index (χ1) is 47.9. The third kappa shape index (κ3) is 23.4. The molecule has 10 unspecified atom stereocenters. The third-order valence-electron chi connectivity index (χ3n) is 17.3. The Hall–Kier alpha value is -10.9. The maximum atomic E-state index is 11.2. The molecule has 4 aromatic carbocycles. The summed E-state index contributed by atoms with van der Waals surface area (Å²) in [5, 5.41) is 80.2. The fraction of sp³-hybridized carbons (Fsp3) is 0.449. The van der Waals surface area contributed by atoms with Crippen LogP contribution in [0.25, 0.3) is 22.1 Å². The van der Waals surface area contributed by atoms with Crippen LogP contribution in [0.5, 0.6) is 23.0 Å².